The van der Waals surface area contributed by atoms with E-state index in [1.165, 1.54) is 0 Å². The van der Waals surface area contributed by atoms with E-state index in [1.807, 2.05) is 0 Å². The van der Waals surface area contributed by atoms with Crippen molar-refractivity contribution in [2.45, 2.75) is 52.5 Å². The van der Waals surface area contributed by atoms with Crippen molar-refractivity contribution < 1.29 is 4.42 Å². The van der Waals surface area contributed by atoms with E-state index < -0.39 is 0 Å². The predicted octanol–water partition coefficient (Wildman–Crippen LogP) is 2.08. The maximum Gasteiger partial charge on any atom is 0.195 e. The minimum atomic E-state index is 0.232. The Balaban J connectivity index is 2.16. The summed E-state index contributed by atoms with van der Waals surface area (Å²) in [6, 6.07) is 0.269. The van der Waals surface area contributed by atoms with Crippen LogP contribution < -0.4 is 5.73 Å². The van der Waals surface area contributed by atoms with E-state index in [9.17, 15) is 0 Å². The monoisotopic (exact) mass is 208 g/mol. The van der Waals surface area contributed by atoms with Crippen LogP contribution in [0.4, 0.5) is 0 Å². The summed E-state index contributed by atoms with van der Waals surface area (Å²) in [5, 5.41) is 0. The zero-order valence-electron chi connectivity index (χ0n) is 9.84. The molecule has 2 rings (SSSR count). The van der Waals surface area contributed by atoms with Crippen molar-refractivity contribution in [3.05, 3.63) is 17.3 Å². The van der Waals surface area contributed by atoms with Gasteiger partial charge in [-0.05, 0) is 11.8 Å². The van der Waals surface area contributed by atoms with Crippen LogP contribution in [0.3, 0.4) is 0 Å². The quantitative estimate of drug-likeness (QED) is 0.768. The minimum absolute atomic E-state index is 0.232. The molecule has 0 bridgehead atoms. The van der Waals surface area contributed by atoms with Crippen LogP contribution in [-0.4, -0.2) is 11.0 Å². The number of hydrogen-bond donors (Lipinski definition) is 1. The van der Waals surface area contributed by atoms with Gasteiger partial charge in [-0.1, -0.05) is 20.8 Å². The highest BCUT2D eigenvalue weighted by atomic mass is 16.4. The van der Waals surface area contributed by atoms with Crippen molar-refractivity contribution in [3.63, 3.8) is 0 Å². The average molecular weight is 208 g/mol. The van der Waals surface area contributed by atoms with Crippen LogP contribution in [0.1, 0.15) is 44.5 Å². The van der Waals surface area contributed by atoms with Gasteiger partial charge in [-0.25, -0.2) is 4.98 Å². The highest BCUT2D eigenvalue weighted by molar-refractivity contribution is 5.15. The number of nitrogens with zero attached hydrogens (tertiary/aromatic N) is 1. The smallest absolute Gasteiger partial charge is 0.195 e. The Morgan fingerprint density at radius 3 is 2.87 bits per heavy atom. The molecule has 1 heterocycles. The minimum Gasteiger partial charge on any atom is -0.445 e. The number of oxazole rings is 1. The fraction of sp³-hybridized carbons (Fsp3) is 0.750. The Hall–Kier alpha value is -0.830. The number of hydrogen-bond acceptors (Lipinski definition) is 3. The molecule has 0 aromatic carbocycles. The lowest BCUT2D eigenvalue weighted by molar-refractivity contribution is 0.342. The van der Waals surface area contributed by atoms with Crippen LogP contribution in [0.25, 0.3) is 0 Å². The molecule has 0 fully saturated rings. The number of fused-ring (bicyclic) bond motifs is 1. The van der Waals surface area contributed by atoms with Gasteiger partial charge in [0, 0.05) is 25.3 Å². The van der Waals surface area contributed by atoms with Gasteiger partial charge in [0.1, 0.15) is 5.76 Å². The molecule has 0 aliphatic heterocycles. The highest BCUT2D eigenvalue weighted by Gasteiger charge is 2.23. The number of aromatic nitrogens is 1. The maximum absolute atomic E-state index is 5.90. The standard InChI is InChI=1S/C12H20N2O/c1-12(2,3)7-11-14-9-6-8(13)4-5-10(9)15-11/h8H,4-7,13H2,1-3H3. The molecule has 84 valence electrons. The molecule has 0 spiro atoms. The molecule has 1 aliphatic carbocycles. The highest BCUT2D eigenvalue weighted by Crippen LogP contribution is 2.25. The zero-order chi connectivity index (χ0) is 11.1. The number of aryl methyl sites for hydroxylation is 1. The summed E-state index contributed by atoms with van der Waals surface area (Å²) in [6.07, 6.45) is 3.75. The van der Waals surface area contributed by atoms with E-state index in [1.54, 1.807) is 0 Å². The summed E-state index contributed by atoms with van der Waals surface area (Å²) in [7, 11) is 0. The normalized spacial score (nSPS) is 21.5. The van der Waals surface area contributed by atoms with Crippen LogP contribution in [0.5, 0.6) is 0 Å². The Morgan fingerprint density at radius 1 is 1.47 bits per heavy atom. The third-order valence-electron chi connectivity index (χ3n) is 2.70. The average Bonchev–Trinajstić information content (AvgIpc) is 2.42. The molecule has 3 heteroatoms. The lowest BCUT2D eigenvalue weighted by Crippen LogP contribution is -2.27. The van der Waals surface area contributed by atoms with Crippen molar-refractivity contribution in [1.82, 2.24) is 4.98 Å². The number of nitrogens with two attached hydrogens (primary N) is 1. The first kappa shape index (κ1) is 10.7. The summed E-state index contributed by atoms with van der Waals surface area (Å²) in [5.74, 6) is 1.94. The second kappa shape index (κ2) is 3.63. The second-order valence-corrected chi connectivity index (χ2v) is 5.72. The molecule has 1 unspecified atom stereocenters. The first-order valence-corrected chi connectivity index (χ1v) is 5.67. The van der Waals surface area contributed by atoms with Crippen molar-refractivity contribution in [2.24, 2.45) is 11.1 Å². The molecule has 0 saturated carbocycles. The van der Waals surface area contributed by atoms with Gasteiger partial charge < -0.3 is 10.2 Å². The second-order valence-electron chi connectivity index (χ2n) is 5.72. The topological polar surface area (TPSA) is 52.0 Å². The largest absolute Gasteiger partial charge is 0.445 e. The van der Waals surface area contributed by atoms with Gasteiger partial charge in [0.25, 0.3) is 0 Å². The third-order valence-corrected chi connectivity index (χ3v) is 2.70. The SMILES string of the molecule is CC(C)(C)Cc1nc2c(o1)CCC(N)C2. The lowest BCUT2D eigenvalue weighted by atomic mass is 9.92. The summed E-state index contributed by atoms with van der Waals surface area (Å²) in [6.45, 7) is 6.59. The molecule has 3 nitrogen and oxygen atoms in total. The van der Waals surface area contributed by atoms with Gasteiger partial charge in [-0.15, -0.1) is 0 Å². The van der Waals surface area contributed by atoms with E-state index in [4.69, 9.17) is 10.2 Å². The van der Waals surface area contributed by atoms with Crippen LogP contribution in [-0.2, 0) is 19.3 Å². The molecule has 1 aromatic rings. The predicted molar refractivity (Wildman–Crippen MR) is 59.7 cm³/mol. The molecule has 15 heavy (non-hydrogen) atoms. The van der Waals surface area contributed by atoms with E-state index >= 15 is 0 Å². The molecule has 0 radical (unpaired) electrons. The van der Waals surface area contributed by atoms with Crippen LogP contribution >= 0.6 is 0 Å². The summed E-state index contributed by atoms with van der Waals surface area (Å²) < 4.78 is 5.76. The van der Waals surface area contributed by atoms with E-state index in [0.29, 0.717) is 0 Å². The molecule has 1 aliphatic rings. The number of rotatable bonds is 1. The lowest BCUT2D eigenvalue weighted by Gasteiger charge is -2.14. The Kier molecular flexibility index (Phi) is 2.59. The maximum atomic E-state index is 5.90. The summed E-state index contributed by atoms with van der Waals surface area (Å²) in [4.78, 5) is 4.54. The van der Waals surface area contributed by atoms with Gasteiger partial charge in [0.15, 0.2) is 5.89 Å². The van der Waals surface area contributed by atoms with Crippen LogP contribution in [0, 0.1) is 5.41 Å². The molecular weight excluding hydrogens is 188 g/mol. The van der Waals surface area contributed by atoms with Crippen molar-refractivity contribution in [3.8, 4) is 0 Å². The van der Waals surface area contributed by atoms with E-state index in [2.05, 4.69) is 25.8 Å². The summed E-state index contributed by atoms with van der Waals surface area (Å²) in [5.41, 5.74) is 7.23. The van der Waals surface area contributed by atoms with Crippen LogP contribution in [0.15, 0.2) is 4.42 Å². The van der Waals surface area contributed by atoms with Gasteiger partial charge in [-0.2, -0.15) is 0 Å². The Labute approximate surface area is 91.1 Å². The molecule has 1 aromatic heterocycles. The first-order chi connectivity index (χ1) is 6.94. The van der Waals surface area contributed by atoms with E-state index in [-0.39, 0.29) is 11.5 Å². The van der Waals surface area contributed by atoms with E-state index in [0.717, 1.165) is 43.0 Å². The summed E-state index contributed by atoms with van der Waals surface area (Å²) >= 11 is 0. The third kappa shape index (κ3) is 2.59. The zero-order valence-corrected chi connectivity index (χ0v) is 9.84. The van der Waals surface area contributed by atoms with Crippen molar-refractivity contribution in [1.29, 1.82) is 0 Å². The molecule has 0 saturated heterocycles. The molecule has 0 amide bonds. The van der Waals surface area contributed by atoms with Crippen LogP contribution in [0.2, 0.25) is 0 Å². The first-order valence-electron chi connectivity index (χ1n) is 5.67. The van der Waals surface area contributed by atoms with Gasteiger partial charge in [0.2, 0.25) is 0 Å². The fourth-order valence-corrected chi connectivity index (χ4v) is 1.99. The Bertz CT molecular complexity index is 349. The fourth-order valence-electron chi connectivity index (χ4n) is 1.99. The van der Waals surface area contributed by atoms with Gasteiger partial charge in [0.05, 0.1) is 5.69 Å². The van der Waals surface area contributed by atoms with Gasteiger partial charge >= 0.3 is 0 Å². The van der Waals surface area contributed by atoms with Gasteiger partial charge in [-0.3, -0.25) is 0 Å². The molecular formula is C12H20N2O. The van der Waals surface area contributed by atoms with Crippen molar-refractivity contribution in [2.75, 3.05) is 0 Å². The molecule has 1 atom stereocenters. The molecule has 2 N–H and O–H groups in total. The van der Waals surface area contributed by atoms with Crippen molar-refractivity contribution >= 4 is 0 Å². The Morgan fingerprint density at radius 2 is 2.20 bits per heavy atom.